The third-order valence-electron chi connectivity index (χ3n) is 4.53. The molecule has 1 N–H and O–H groups in total. The molecular weight excluding hydrogens is 280 g/mol. The minimum absolute atomic E-state index is 0.00385. The van der Waals surface area contributed by atoms with E-state index in [2.05, 4.69) is 24.3 Å². The number of amides is 1. The molecule has 1 aliphatic rings. The van der Waals surface area contributed by atoms with Crippen molar-refractivity contribution in [2.24, 2.45) is 0 Å². The van der Waals surface area contributed by atoms with Crippen molar-refractivity contribution >= 4 is 5.91 Å². The van der Waals surface area contributed by atoms with Crippen LogP contribution in [0.3, 0.4) is 0 Å². The molecule has 1 amide bonds. The molecule has 0 spiro atoms. The molecule has 122 valence electrons. The number of carbonyl (C=O) groups is 1. The number of para-hydroxylation sites is 2. The van der Waals surface area contributed by atoms with Gasteiger partial charge in [-0.05, 0) is 39.1 Å². The van der Waals surface area contributed by atoms with Crippen LogP contribution in [0.25, 0.3) is 0 Å². The monoisotopic (exact) mass is 306 g/mol. The van der Waals surface area contributed by atoms with E-state index < -0.39 is 0 Å². The molecule has 0 atom stereocenters. The fourth-order valence-corrected chi connectivity index (χ4v) is 3.01. The Morgan fingerprint density at radius 3 is 2.45 bits per heavy atom. The van der Waals surface area contributed by atoms with Crippen molar-refractivity contribution in [1.29, 1.82) is 0 Å². The molecule has 5 nitrogen and oxygen atoms in total. The number of rotatable bonds is 7. The summed E-state index contributed by atoms with van der Waals surface area (Å²) in [6.07, 6.45) is 4.72. The molecule has 1 aromatic rings. The molecule has 0 saturated heterocycles. The molecule has 2 rings (SSSR count). The van der Waals surface area contributed by atoms with E-state index in [1.54, 1.807) is 13.2 Å². The van der Waals surface area contributed by atoms with Gasteiger partial charge in [0.05, 0.1) is 7.11 Å². The van der Waals surface area contributed by atoms with Crippen molar-refractivity contribution in [3.05, 3.63) is 24.3 Å². The molecule has 0 bridgehead atoms. The van der Waals surface area contributed by atoms with Crippen LogP contribution in [0, 0.1) is 0 Å². The highest BCUT2D eigenvalue weighted by Gasteiger charge is 2.36. The lowest BCUT2D eigenvalue weighted by Gasteiger charge is -2.36. The van der Waals surface area contributed by atoms with E-state index in [4.69, 9.17) is 9.47 Å². The van der Waals surface area contributed by atoms with E-state index >= 15 is 0 Å². The van der Waals surface area contributed by atoms with E-state index in [9.17, 15) is 4.79 Å². The molecule has 1 aliphatic carbocycles. The van der Waals surface area contributed by atoms with Gasteiger partial charge in [0.25, 0.3) is 5.91 Å². The predicted molar refractivity (Wildman–Crippen MR) is 86.4 cm³/mol. The van der Waals surface area contributed by atoms with Crippen molar-refractivity contribution in [2.45, 2.75) is 31.2 Å². The summed E-state index contributed by atoms with van der Waals surface area (Å²) in [4.78, 5) is 14.3. The second kappa shape index (κ2) is 7.49. The van der Waals surface area contributed by atoms with Crippen LogP contribution in [0.15, 0.2) is 24.3 Å². The average Bonchev–Trinajstić information content (AvgIpc) is 3.01. The fourth-order valence-electron chi connectivity index (χ4n) is 3.01. The largest absolute Gasteiger partial charge is 0.493 e. The van der Waals surface area contributed by atoms with Crippen molar-refractivity contribution in [2.75, 3.05) is 34.4 Å². The molecular formula is C17H26N2O3. The Kier molecular flexibility index (Phi) is 5.66. The molecule has 22 heavy (non-hydrogen) atoms. The number of methoxy groups -OCH3 is 1. The molecule has 0 radical (unpaired) electrons. The molecule has 0 heterocycles. The van der Waals surface area contributed by atoms with Crippen LogP contribution in [-0.2, 0) is 4.79 Å². The van der Waals surface area contributed by atoms with Gasteiger partial charge >= 0.3 is 0 Å². The van der Waals surface area contributed by atoms with Gasteiger partial charge in [0.1, 0.15) is 0 Å². The first-order chi connectivity index (χ1) is 10.6. The number of carbonyl (C=O) groups excluding carboxylic acids is 1. The molecule has 5 heteroatoms. The molecule has 1 aromatic carbocycles. The minimum Gasteiger partial charge on any atom is -0.493 e. The van der Waals surface area contributed by atoms with Gasteiger partial charge in [-0.2, -0.15) is 0 Å². The first kappa shape index (κ1) is 16.6. The highest BCUT2D eigenvalue weighted by Crippen LogP contribution is 2.33. The van der Waals surface area contributed by atoms with Crippen molar-refractivity contribution in [1.82, 2.24) is 10.2 Å². The lowest BCUT2D eigenvalue weighted by molar-refractivity contribution is -0.123. The SMILES string of the molecule is COc1ccccc1OCC(=O)NCC1(N(C)C)CCCC1. The van der Waals surface area contributed by atoms with Crippen LogP contribution in [0.1, 0.15) is 25.7 Å². The van der Waals surface area contributed by atoms with Gasteiger partial charge in [-0.3, -0.25) is 4.79 Å². The topological polar surface area (TPSA) is 50.8 Å². The molecule has 0 aromatic heterocycles. The zero-order chi connectivity index (χ0) is 16.0. The molecule has 0 aliphatic heterocycles. The van der Waals surface area contributed by atoms with Gasteiger partial charge in [-0.25, -0.2) is 0 Å². The Hall–Kier alpha value is -1.75. The van der Waals surface area contributed by atoms with Gasteiger partial charge in [0, 0.05) is 12.1 Å². The summed E-state index contributed by atoms with van der Waals surface area (Å²) in [6.45, 7) is 0.679. The maximum Gasteiger partial charge on any atom is 0.258 e. The number of hydrogen-bond donors (Lipinski definition) is 1. The van der Waals surface area contributed by atoms with Gasteiger partial charge in [-0.1, -0.05) is 25.0 Å². The first-order valence-corrected chi connectivity index (χ1v) is 7.77. The summed E-state index contributed by atoms with van der Waals surface area (Å²) >= 11 is 0. The molecule has 0 unspecified atom stereocenters. The number of nitrogens with one attached hydrogen (secondary N) is 1. The van der Waals surface area contributed by atoms with Gasteiger partial charge in [0.2, 0.25) is 0 Å². The number of ether oxygens (including phenoxy) is 2. The fraction of sp³-hybridized carbons (Fsp3) is 0.588. The lowest BCUT2D eigenvalue weighted by atomic mass is 9.96. The van der Waals surface area contributed by atoms with Crippen LogP contribution in [0.5, 0.6) is 11.5 Å². The zero-order valence-corrected chi connectivity index (χ0v) is 13.7. The maximum absolute atomic E-state index is 12.0. The maximum atomic E-state index is 12.0. The van der Waals surface area contributed by atoms with Crippen molar-refractivity contribution in [3.8, 4) is 11.5 Å². The third kappa shape index (κ3) is 3.91. The van der Waals surface area contributed by atoms with E-state index in [1.165, 1.54) is 12.8 Å². The number of likely N-dealkylation sites (N-methyl/N-ethyl adjacent to an activating group) is 1. The van der Waals surface area contributed by atoms with E-state index in [0.717, 1.165) is 12.8 Å². The third-order valence-corrected chi connectivity index (χ3v) is 4.53. The minimum atomic E-state index is -0.0981. The zero-order valence-electron chi connectivity index (χ0n) is 13.7. The average molecular weight is 306 g/mol. The van der Waals surface area contributed by atoms with Crippen LogP contribution in [0.2, 0.25) is 0 Å². The Morgan fingerprint density at radius 1 is 1.23 bits per heavy atom. The molecule has 1 saturated carbocycles. The normalized spacial score (nSPS) is 16.5. The van der Waals surface area contributed by atoms with E-state index in [1.807, 2.05) is 18.2 Å². The van der Waals surface area contributed by atoms with Crippen LogP contribution in [-0.4, -0.2) is 50.7 Å². The summed E-state index contributed by atoms with van der Waals surface area (Å²) in [5, 5.41) is 3.01. The number of nitrogens with zero attached hydrogens (tertiary/aromatic N) is 1. The van der Waals surface area contributed by atoms with Crippen LogP contribution >= 0.6 is 0 Å². The summed E-state index contributed by atoms with van der Waals surface area (Å²) in [5.41, 5.74) is 0.0973. The predicted octanol–water partition coefficient (Wildman–Crippen LogP) is 2.06. The van der Waals surface area contributed by atoms with Gasteiger partial charge < -0.3 is 19.7 Å². The van der Waals surface area contributed by atoms with Crippen molar-refractivity contribution in [3.63, 3.8) is 0 Å². The Labute approximate surface area is 132 Å². The highest BCUT2D eigenvalue weighted by molar-refractivity contribution is 5.77. The second-order valence-electron chi connectivity index (χ2n) is 6.04. The van der Waals surface area contributed by atoms with Gasteiger partial charge in [0.15, 0.2) is 18.1 Å². The quantitative estimate of drug-likeness (QED) is 0.838. The Bertz CT molecular complexity index is 496. The van der Waals surface area contributed by atoms with Crippen molar-refractivity contribution < 1.29 is 14.3 Å². The van der Waals surface area contributed by atoms with E-state index in [-0.39, 0.29) is 18.1 Å². The lowest BCUT2D eigenvalue weighted by Crippen LogP contribution is -2.51. The summed E-state index contributed by atoms with van der Waals surface area (Å²) in [5.74, 6) is 1.12. The summed E-state index contributed by atoms with van der Waals surface area (Å²) < 4.78 is 10.8. The standard InChI is InChI=1S/C17H26N2O3/c1-19(2)17(10-6-7-11-17)13-18-16(20)12-22-15-9-5-4-8-14(15)21-3/h4-5,8-9H,6-7,10-13H2,1-3H3,(H,18,20). The number of benzene rings is 1. The Morgan fingerprint density at radius 2 is 1.86 bits per heavy atom. The van der Waals surface area contributed by atoms with E-state index in [0.29, 0.717) is 18.0 Å². The molecule has 1 fully saturated rings. The van der Waals surface area contributed by atoms with Crippen LogP contribution < -0.4 is 14.8 Å². The summed E-state index contributed by atoms with van der Waals surface area (Å²) in [7, 11) is 5.76. The second-order valence-corrected chi connectivity index (χ2v) is 6.04. The van der Waals surface area contributed by atoms with Gasteiger partial charge in [-0.15, -0.1) is 0 Å². The summed E-state index contributed by atoms with van der Waals surface area (Å²) in [6, 6.07) is 7.33. The highest BCUT2D eigenvalue weighted by atomic mass is 16.5. The number of hydrogen-bond acceptors (Lipinski definition) is 4. The Balaban J connectivity index is 1.83. The first-order valence-electron chi connectivity index (χ1n) is 7.77. The van der Waals surface area contributed by atoms with Crippen LogP contribution in [0.4, 0.5) is 0 Å². The smallest absolute Gasteiger partial charge is 0.258 e.